The van der Waals surface area contributed by atoms with Gasteiger partial charge in [-0.15, -0.1) is 11.3 Å². The Kier molecular flexibility index (Phi) is 14.9. The number of piperidine rings is 1. The smallest absolute Gasteiger partial charge is 0.414 e. The van der Waals surface area contributed by atoms with Gasteiger partial charge in [-0.2, -0.15) is 0 Å². The average molecular weight is 777 g/mol. The number of nitrogens with zero attached hydrogens (tertiary/aromatic N) is 2. The quantitative estimate of drug-likeness (QED) is 0.111. The number of hydrogen-bond acceptors (Lipinski definition) is 10. The van der Waals surface area contributed by atoms with Crippen molar-refractivity contribution in [2.45, 2.75) is 69.9 Å². The Hall–Kier alpha value is -5.18. The molecule has 0 amide bonds. The summed E-state index contributed by atoms with van der Waals surface area (Å²) in [5.41, 5.74) is 3.76. The van der Waals surface area contributed by atoms with Crippen molar-refractivity contribution in [1.82, 2.24) is 9.80 Å². The summed E-state index contributed by atoms with van der Waals surface area (Å²) in [6.45, 7) is 6.57. The fourth-order valence-electron chi connectivity index (χ4n) is 7.33. The Labute approximate surface area is 323 Å². The molecule has 14 heteroatoms. The molecule has 1 aromatic heterocycles. The van der Waals surface area contributed by atoms with Crippen molar-refractivity contribution < 1.29 is 54.2 Å². The topological polar surface area (TPSA) is 194 Å². The zero-order valence-corrected chi connectivity index (χ0v) is 31.4. The predicted molar refractivity (Wildman–Crippen MR) is 207 cm³/mol. The molecule has 1 saturated carbocycles. The molecule has 55 heavy (non-hydrogen) atoms. The molecular formula is C41H48N2O11S. The zero-order chi connectivity index (χ0) is 39.3. The van der Waals surface area contributed by atoms with Gasteiger partial charge >= 0.3 is 23.9 Å². The van der Waals surface area contributed by atoms with Crippen LogP contribution in [0.15, 0.2) is 66.7 Å². The molecule has 1 aliphatic carbocycles. The SMILES string of the molecule is O=C(O)C(=O)O.O=C(O)C(=O)O.Oc1ccc2c(Cc3ccc(O[C@@H]4CCC[C@H]4N4CCCCC4)cc3)c(-c3ccc(OCCN4CCCC4)cc3)sc2c1. The van der Waals surface area contributed by atoms with Crippen LogP contribution in [0.3, 0.4) is 0 Å². The lowest BCUT2D eigenvalue weighted by atomic mass is 9.98. The highest BCUT2D eigenvalue weighted by Crippen LogP contribution is 2.42. The average Bonchev–Trinajstić information content (AvgIpc) is 3.95. The molecule has 2 atom stereocenters. The third kappa shape index (κ3) is 11.9. The maximum atomic E-state index is 10.2. The lowest BCUT2D eigenvalue weighted by Gasteiger charge is -2.35. The number of phenols is 1. The van der Waals surface area contributed by atoms with Crippen LogP contribution in [0.5, 0.6) is 17.2 Å². The molecular weight excluding hydrogens is 729 g/mol. The zero-order valence-electron chi connectivity index (χ0n) is 30.6. The summed E-state index contributed by atoms with van der Waals surface area (Å²) in [7, 11) is 0. The third-order valence-electron chi connectivity index (χ3n) is 10.0. The van der Waals surface area contributed by atoms with Crippen molar-refractivity contribution in [3.8, 4) is 27.7 Å². The number of benzene rings is 3. The summed E-state index contributed by atoms with van der Waals surface area (Å²) in [5, 5.41) is 41.0. The van der Waals surface area contributed by atoms with E-state index in [1.807, 2.05) is 6.07 Å². The van der Waals surface area contributed by atoms with E-state index in [1.54, 1.807) is 17.4 Å². The molecule has 2 aliphatic heterocycles. The Balaban J connectivity index is 0.000000422. The van der Waals surface area contributed by atoms with Crippen LogP contribution in [0.1, 0.15) is 62.5 Å². The number of likely N-dealkylation sites (tertiary alicyclic amines) is 2. The summed E-state index contributed by atoms with van der Waals surface area (Å²) in [5.74, 6) is -5.08. The maximum absolute atomic E-state index is 10.2. The second-order valence-corrected chi connectivity index (χ2v) is 14.9. The number of carboxylic acids is 4. The van der Waals surface area contributed by atoms with Gasteiger partial charge in [-0.3, -0.25) is 9.80 Å². The molecule has 3 aromatic carbocycles. The number of ether oxygens (including phenoxy) is 2. The summed E-state index contributed by atoms with van der Waals surface area (Å²) < 4.78 is 13.8. The van der Waals surface area contributed by atoms with E-state index >= 15 is 0 Å². The Morgan fingerprint density at radius 3 is 1.91 bits per heavy atom. The van der Waals surface area contributed by atoms with Gasteiger partial charge in [0.15, 0.2) is 0 Å². The van der Waals surface area contributed by atoms with Crippen molar-refractivity contribution in [2.75, 3.05) is 39.3 Å². The molecule has 0 bridgehead atoms. The molecule has 294 valence electrons. The molecule has 0 unspecified atom stereocenters. The minimum Gasteiger partial charge on any atom is -0.508 e. The molecule has 3 aliphatic rings. The van der Waals surface area contributed by atoms with Crippen molar-refractivity contribution in [3.05, 3.63) is 77.9 Å². The second kappa shape index (κ2) is 19.9. The minimum absolute atomic E-state index is 0.302. The van der Waals surface area contributed by atoms with Gasteiger partial charge in [0.2, 0.25) is 0 Å². The molecule has 2 saturated heterocycles. The van der Waals surface area contributed by atoms with Gasteiger partial charge in [0, 0.05) is 22.2 Å². The molecule has 0 spiro atoms. The summed E-state index contributed by atoms with van der Waals surface area (Å²) >= 11 is 1.75. The van der Waals surface area contributed by atoms with Gasteiger partial charge < -0.3 is 35.0 Å². The van der Waals surface area contributed by atoms with Crippen LogP contribution in [0, 0.1) is 0 Å². The van der Waals surface area contributed by atoms with Gasteiger partial charge in [-0.05, 0) is 154 Å². The summed E-state index contributed by atoms with van der Waals surface area (Å²) in [6, 6.07) is 23.6. The van der Waals surface area contributed by atoms with Crippen molar-refractivity contribution in [3.63, 3.8) is 0 Å². The highest BCUT2D eigenvalue weighted by Gasteiger charge is 2.34. The Morgan fingerprint density at radius 1 is 0.691 bits per heavy atom. The van der Waals surface area contributed by atoms with Crippen LogP contribution in [-0.2, 0) is 25.6 Å². The van der Waals surface area contributed by atoms with Crippen molar-refractivity contribution in [1.29, 1.82) is 0 Å². The first kappa shape index (κ1) is 41.0. The van der Waals surface area contributed by atoms with E-state index in [-0.39, 0.29) is 0 Å². The molecule has 0 radical (unpaired) electrons. The third-order valence-corrected chi connectivity index (χ3v) is 11.2. The van der Waals surface area contributed by atoms with Crippen LogP contribution in [0.2, 0.25) is 0 Å². The molecule has 5 N–H and O–H groups in total. The highest BCUT2D eigenvalue weighted by molar-refractivity contribution is 7.22. The van der Waals surface area contributed by atoms with Crippen molar-refractivity contribution >= 4 is 45.3 Å². The summed E-state index contributed by atoms with van der Waals surface area (Å²) in [4.78, 5) is 42.8. The summed E-state index contributed by atoms with van der Waals surface area (Å²) in [6.07, 6.45) is 11.5. The lowest BCUT2D eigenvalue weighted by Crippen LogP contribution is -2.45. The molecule has 7 rings (SSSR count). The van der Waals surface area contributed by atoms with E-state index in [2.05, 4.69) is 64.4 Å². The largest absolute Gasteiger partial charge is 0.508 e. The number of carbonyl (C=O) groups is 4. The number of hydrogen-bond donors (Lipinski definition) is 5. The normalized spacial score (nSPS) is 18.4. The van der Waals surface area contributed by atoms with E-state index < -0.39 is 23.9 Å². The van der Waals surface area contributed by atoms with Crippen LogP contribution in [0.25, 0.3) is 20.5 Å². The number of carboxylic acid groups (broad SMARTS) is 4. The Bertz CT molecular complexity index is 1850. The van der Waals surface area contributed by atoms with Crippen LogP contribution < -0.4 is 9.47 Å². The van der Waals surface area contributed by atoms with Crippen LogP contribution in [0.4, 0.5) is 0 Å². The van der Waals surface area contributed by atoms with E-state index in [1.165, 1.54) is 98.1 Å². The van der Waals surface area contributed by atoms with Crippen LogP contribution in [-0.4, -0.2) is 111 Å². The number of fused-ring (bicyclic) bond motifs is 1. The standard InChI is InChI=1S/C37H44N2O3S.2C2H2O4/c40-29-13-18-32-33(25-27-9-14-31(15-10-27)42-35-8-6-7-34(35)39-21-2-1-3-22-39)37(43-36(32)26-29)28-11-16-30(17-12-28)41-24-23-38-19-4-5-20-38;2*3-1(4)2(5)6/h9-18,26,34-35,40H,1-8,19-25H2;2*(H,3,4)(H,5,6)/t34-,35-;;/m1../s1. The molecule has 3 fully saturated rings. The van der Waals surface area contributed by atoms with E-state index in [0.717, 1.165) is 42.2 Å². The first-order valence-corrected chi connectivity index (χ1v) is 19.4. The number of thiophene rings is 1. The number of aliphatic carboxylic acids is 4. The molecule has 3 heterocycles. The molecule has 13 nitrogen and oxygen atoms in total. The Morgan fingerprint density at radius 2 is 1.29 bits per heavy atom. The predicted octanol–water partition coefficient (Wildman–Crippen LogP) is 6.44. The fraction of sp³-hybridized carbons (Fsp3) is 0.415. The van der Waals surface area contributed by atoms with E-state index in [9.17, 15) is 5.11 Å². The second-order valence-electron chi connectivity index (χ2n) is 13.8. The maximum Gasteiger partial charge on any atom is 0.414 e. The van der Waals surface area contributed by atoms with E-state index in [0.29, 0.717) is 17.9 Å². The van der Waals surface area contributed by atoms with Gasteiger partial charge in [0.05, 0.1) is 0 Å². The number of phenolic OH excluding ortho intramolecular Hbond substituents is 1. The highest BCUT2D eigenvalue weighted by atomic mass is 32.1. The van der Waals surface area contributed by atoms with Gasteiger partial charge in [0.1, 0.15) is 30.0 Å². The minimum atomic E-state index is -1.82. The molecule has 4 aromatic rings. The van der Waals surface area contributed by atoms with Crippen LogP contribution >= 0.6 is 11.3 Å². The van der Waals surface area contributed by atoms with Gasteiger partial charge in [-0.25, -0.2) is 19.2 Å². The van der Waals surface area contributed by atoms with Gasteiger partial charge in [-0.1, -0.05) is 18.6 Å². The van der Waals surface area contributed by atoms with Crippen molar-refractivity contribution in [2.24, 2.45) is 0 Å². The fourth-order valence-corrected chi connectivity index (χ4v) is 8.59. The van der Waals surface area contributed by atoms with E-state index in [4.69, 9.17) is 49.1 Å². The lowest BCUT2D eigenvalue weighted by molar-refractivity contribution is -0.159. The first-order chi connectivity index (χ1) is 26.5. The first-order valence-electron chi connectivity index (χ1n) is 18.6. The number of aromatic hydroxyl groups is 1. The monoisotopic (exact) mass is 776 g/mol. The number of rotatable bonds is 10. The van der Waals surface area contributed by atoms with Gasteiger partial charge in [0.25, 0.3) is 0 Å².